The normalized spacial score (nSPS) is 22.1. The first-order chi connectivity index (χ1) is 14.5. The summed E-state index contributed by atoms with van der Waals surface area (Å²) in [5, 5.41) is 3.03. The topological polar surface area (TPSA) is 57.4 Å². The van der Waals surface area contributed by atoms with Gasteiger partial charge < -0.3 is 15.0 Å². The summed E-state index contributed by atoms with van der Waals surface area (Å²) in [6, 6.07) is 8.62. The Morgan fingerprint density at radius 3 is 2.83 bits per heavy atom. The van der Waals surface area contributed by atoms with E-state index in [1.165, 1.54) is 29.7 Å². The SMILES string of the molecule is CC1(C)CCCc2[nH]c(C=C3C(=O)Nc4ccc(CCN5CCOCC5)cc43)cc21. The van der Waals surface area contributed by atoms with Gasteiger partial charge in [-0.15, -0.1) is 0 Å². The predicted octanol–water partition coefficient (Wildman–Crippen LogP) is 4.00. The minimum absolute atomic E-state index is 0.0119. The Labute approximate surface area is 178 Å². The Morgan fingerprint density at radius 2 is 2.03 bits per heavy atom. The fourth-order valence-corrected chi connectivity index (χ4v) is 5.04. The fourth-order valence-electron chi connectivity index (χ4n) is 5.04. The molecule has 0 radical (unpaired) electrons. The minimum Gasteiger partial charge on any atom is -0.379 e. The molecule has 2 aromatic rings. The number of nitrogens with one attached hydrogen (secondary N) is 2. The van der Waals surface area contributed by atoms with Crippen molar-refractivity contribution < 1.29 is 9.53 Å². The van der Waals surface area contributed by atoms with Crippen LogP contribution in [0.4, 0.5) is 5.69 Å². The molecule has 30 heavy (non-hydrogen) atoms. The van der Waals surface area contributed by atoms with Crippen LogP contribution < -0.4 is 5.32 Å². The number of aromatic nitrogens is 1. The van der Waals surface area contributed by atoms with Gasteiger partial charge in [0.1, 0.15) is 0 Å². The number of ether oxygens (including phenoxy) is 1. The zero-order valence-electron chi connectivity index (χ0n) is 18.0. The van der Waals surface area contributed by atoms with E-state index in [1.54, 1.807) is 0 Å². The highest BCUT2D eigenvalue weighted by Gasteiger charge is 2.30. The average Bonchev–Trinajstić information content (AvgIpc) is 3.29. The van der Waals surface area contributed by atoms with Gasteiger partial charge in [-0.3, -0.25) is 9.69 Å². The van der Waals surface area contributed by atoms with Gasteiger partial charge in [0, 0.05) is 42.3 Å². The van der Waals surface area contributed by atoms with Gasteiger partial charge in [-0.25, -0.2) is 0 Å². The molecule has 3 heterocycles. The number of fused-ring (bicyclic) bond motifs is 2. The van der Waals surface area contributed by atoms with Gasteiger partial charge in [-0.2, -0.15) is 0 Å². The number of nitrogens with zero attached hydrogens (tertiary/aromatic N) is 1. The molecule has 0 atom stereocenters. The van der Waals surface area contributed by atoms with Gasteiger partial charge in [-0.1, -0.05) is 19.9 Å². The minimum atomic E-state index is -0.0119. The summed E-state index contributed by atoms with van der Waals surface area (Å²) >= 11 is 0. The molecule has 2 N–H and O–H groups in total. The lowest BCUT2D eigenvalue weighted by Gasteiger charge is -2.29. The van der Waals surface area contributed by atoms with Crippen LogP contribution in [0.15, 0.2) is 24.3 Å². The second-order valence-corrected chi connectivity index (χ2v) is 9.45. The van der Waals surface area contributed by atoms with E-state index >= 15 is 0 Å². The second kappa shape index (κ2) is 7.71. The van der Waals surface area contributed by atoms with E-state index in [9.17, 15) is 4.79 Å². The third-order valence-corrected chi connectivity index (χ3v) is 6.87. The van der Waals surface area contributed by atoms with Gasteiger partial charge in [0.05, 0.1) is 18.8 Å². The van der Waals surface area contributed by atoms with Gasteiger partial charge in [-0.05, 0) is 66.5 Å². The lowest BCUT2D eigenvalue weighted by atomic mass is 9.75. The molecule has 0 spiro atoms. The Hall–Kier alpha value is -2.37. The molecule has 1 fully saturated rings. The number of H-pyrrole nitrogens is 1. The molecule has 3 aliphatic rings. The fraction of sp³-hybridized carbons (Fsp3) is 0.480. The number of rotatable bonds is 4. The second-order valence-electron chi connectivity index (χ2n) is 9.45. The number of carbonyl (C=O) groups excluding carboxylic acids is 1. The van der Waals surface area contributed by atoms with Crippen LogP contribution in [0.1, 0.15) is 54.8 Å². The third-order valence-electron chi connectivity index (χ3n) is 6.87. The zero-order chi connectivity index (χ0) is 20.7. The summed E-state index contributed by atoms with van der Waals surface area (Å²) in [5.74, 6) is -0.0119. The summed E-state index contributed by atoms with van der Waals surface area (Å²) in [4.78, 5) is 18.7. The van der Waals surface area contributed by atoms with E-state index in [0.717, 1.165) is 68.2 Å². The number of hydrogen-bond acceptors (Lipinski definition) is 3. The van der Waals surface area contributed by atoms with E-state index in [0.29, 0.717) is 0 Å². The van der Waals surface area contributed by atoms with E-state index < -0.39 is 0 Å². The average molecular weight is 406 g/mol. The molecule has 0 saturated carbocycles. The van der Waals surface area contributed by atoms with E-state index in [1.807, 2.05) is 12.1 Å². The van der Waals surface area contributed by atoms with E-state index in [2.05, 4.69) is 47.2 Å². The standard InChI is InChI=1S/C25H31N3O2/c1-25(2)8-3-4-23-21(25)16-18(26-23)15-20-19-14-17(5-6-22(19)27-24(20)29)7-9-28-10-12-30-13-11-28/h5-6,14-16,26H,3-4,7-13H2,1-2H3,(H,27,29). The Morgan fingerprint density at radius 1 is 1.20 bits per heavy atom. The summed E-state index contributed by atoms with van der Waals surface area (Å²) in [7, 11) is 0. The van der Waals surface area contributed by atoms with Crippen molar-refractivity contribution in [3.05, 3.63) is 52.3 Å². The highest BCUT2D eigenvalue weighted by Crippen LogP contribution is 2.39. The molecule has 5 nitrogen and oxygen atoms in total. The molecular formula is C25H31N3O2. The van der Waals surface area contributed by atoms with Crippen LogP contribution in [-0.2, 0) is 27.8 Å². The monoisotopic (exact) mass is 405 g/mol. The van der Waals surface area contributed by atoms with Crippen LogP contribution in [0.3, 0.4) is 0 Å². The number of aromatic amines is 1. The maximum Gasteiger partial charge on any atom is 0.256 e. The van der Waals surface area contributed by atoms with Crippen LogP contribution in [0.5, 0.6) is 0 Å². The molecule has 1 aromatic carbocycles. The van der Waals surface area contributed by atoms with E-state index in [4.69, 9.17) is 4.74 Å². The molecule has 1 aromatic heterocycles. The molecule has 158 valence electrons. The molecule has 1 amide bonds. The van der Waals surface area contributed by atoms with Gasteiger partial charge in [0.2, 0.25) is 0 Å². The molecular weight excluding hydrogens is 374 g/mol. The van der Waals surface area contributed by atoms with Crippen molar-refractivity contribution in [3.8, 4) is 0 Å². The first-order valence-corrected chi connectivity index (χ1v) is 11.2. The molecule has 1 saturated heterocycles. The third kappa shape index (κ3) is 3.72. The Kier molecular flexibility index (Phi) is 5.03. The van der Waals surface area contributed by atoms with Crippen molar-refractivity contribution in [2.45, 2.75) is 44.9 Å². The summed E-state index contributed by atoms with van der Waals surface area (Å²) < 4.78 is 5.44. The molecule has 2 aliphatic heterocycles. The van der Waals surface area contributed by atoms with E-state index in [-0.39, 0.29) is 11.3 Å². The number of amides is 1. The lowest BCUT2D eigenvalue weighted by Crippen LogP contribution is -2.37. The largest absolute Gasteiger partial charge is 0.379 e. The number of hydrogen-bond donors (Lipinski definition) is 2. The van der Waals surface area contributed by atoms with Crippen molar-refractivity contribution in [1.29, 1.82) is 0 Å². The van der Waals surface area contributed by atoms with Crippen molar-refractivity contribution in [3.63, 3.8) is 0 Å². The first-order valence-electron chi connectivity index (χ1n) is 11.2. The first kappa shape index (κ1) is 19.6. The van der Waals surface area contributed by atoms with Gasteiger partial charge in [0.25, 0.3) is 5.91 Å². The predicted molar refractivity (Wildman–Crippen MR) is 121 cm³/mol. The van der Waals surface area contributed by atoms with Gasteiger partial charge >= 0.3 is 0 Å². The molecule has 1 aliphatic carbocycles. The molecule has 0 unspecified atom stereocenters. The van der Waals surface area contributed by atoms with Crippen molar-refractivity contribution >= 4 is 23.2 Å². The summed E-state index contributed by atoms with van der Waals surface area (Å²) in [5.41, 5.74) is 7.93. The lowest BCUT2D eigenvalue weighted by molar-refractivity contribution is -0.110. The highest BCUT2D eigenvalue weighted by molar-refractivity contribution is 6.34. The smallest absolute Gasteiger partial charge is 0.256 e. The number of morpholine rings is 1. The van der Waals surface area contributed by atoms with Gasteiger partial charge in [0.15, 0.2) is 0 Å². The van der Waals surface area contributed by atoms with Crippen molar-refractivity contribution in [1.82, 2.24) is 9.88 Å². The molecule has 0 bridgehead atoms. The van der Waals surface area contributed by atoms with Crippen LogP contribution in [0, 0.1) is 0 Å². The van der Waals surface area contributed by atoms with Crippen LogP contribution in [0.2, 0.25) is 0 Å². The zero-order valence-corrected chi connectivity index (χ0v) is 18.0. The summed E-state index contributed by atoms with van der Waals surface area (Å²) in [6.45, 7) is 9.32. The van der Waals surface area contributed by atoms with Crippen LogP contribution >= 0.6 is 0 Å². The van der Waals surface area contributed by atoms with Crippen molar-refractivity contribution in [2.24, 2.45) is 0 Å². The van der Waals surface area contributed by atoms with Crippen LogP contribution in [-0.4, -0.2) is 48.6 Å². The highest BCUT2D eigenvalue weighted by atomic mass is 16.5. The van der Waals surface area contributed by atoms with Crippen molar-refractivity contribution in [2.75, 3.05) is 38.2 Å². The van der Waals surface area contributed by atoms with Crippen LogP contribution in [0.25, 0.3) is 11.6 Å². The maximum atomic E-state index is 12.7. The molecule has 5 heteroatoms. The Bertz CT molecular complexity index is 996. The summed E-state index contributed by atoms with van der Waals surface area (Å²) in [6.07, 6.45) is 6.54. The maximum absolute atomic E-state index is 12.7. The number of benzene rings is 1. The number of carbonyl (C=O) groups is 1. The Balaban J connectivity index is 1.40. The number of anilines is 1. The number of aryl methyl sites for hydroxylation is 1. The molecule has 5 rings (SSSR count). The quantitative estimate of drug-likeness (QED) is 0.756.